The van der Waals surface area contributed by atoms with Crippen LogP contribution in [0.25, 0.3) is 0 Å². The molecule has 0 radical (unpaired) electrons. The van der Waals surface area contributed by atoms with E-state index in [2.05, 4.69) is 0 Å². The first-order valence-electron chi connectivity index (χ1n) is 4.68. The molecule has 1 atom stereocenters. The molecule has 1 aromatic carbocycles. The van der Waals surface area contributed by atoms with E-state index in [-0.39, 0.29) is 12.2 Å². The van der Waals surface area contributed by atoms with Gasteiger partial charge in [-0.2, -0.15) is 0 Å². The van der Waals surface area contributed by atoms with E-state index in [9.17, 15) is 9.18 Å². The summed E-state index contributed by atoms with van der Waals surface area (Å²) >= 11 is 0. The van der Waals surface area contributed by atoms with E-state index in [1.165, 1.54) is 18.2 Å². The van der Waals surface area contributed by atoms with Crippen LogP contribution in [0, 0.1) is 5.82 Å². The number of fused-ring (bicyclic) bond motifs is 1. The van der Waals surface area contributed by atoms with E-state index in [1.54, 1.807) is 6.92 Å². The molecule has 80 valence electrons. The third-order valence-corrected chi connectivity index (χ3v) is 2.47. The van der Waals surface area contributed by atoms with Crippen LogP contribution < -0.4 is 4.74 Å². The van der Waals surface area contributed by atoms with Crippen LogP contribution in [-0.4, -0.2) is 16.7 Å². The van der Waals surface area contributed by atoms with E-state index in [0.29, 0.717) is 12.2 Å². The van der Waals surface area contributed by atoms with Gasteiger partial charge in [0, 0.05) is 12.0 Å². The summed E-state index contributed by atoms with van der Waals surface area (Å²) in [6.45, 7) is 1.72. The maximum Gasteiger partial charge on any atom is 0.307 e. The molecule has 0 fully saturated rings. The van der Waals surface area contributed by atoms with Gasteiger partial charge in [0.25, 0.3) is 0 Å². The second-order valence-electron chi connectivity index (χ2n) is 4.05. The average Bonchev–Trinajstić information content (AvgIpc) is 2.38. The minimum atomic E-state index is -0.911. The summed E-state index contributed by atoms with van der Waals surface area (Å²) in [5.41, 5.74) is -0.0131. The normalized spacial score (nSPS) is 23.3. The van der Waals surface area contributed by atoms with Gasteiger partial charge in [0.15, 0.2) is 0 Å². The number of hydrogen-bond donors (Lipinski definition) is 1. The Morgan fingerprint density at radius 2 is 2.40 bits per heavy atom. The molecule has 0 saturated heterocycles. The number of halogens is 1. The molecule has 0 amide bonds. The number of benzene rings is 1. The van der Waals surface area contributed by atoms with Crippen molar-refractivity contribution in [2.45, 2.75) is 25.4 Å². The maximum absolute atomic E-state index is 12.9. The van der Waals surface area contributed by atoms with Gasteiger partial charge in [-0.3, -0.25) is 4.79 Å². The molecule has 0 bridgehead atoms. The molecule has 1 N–H and O–H groups in total. The summed E-state index contributed by atoms with van der Waals surface area (Å²) in [6.07, 6.45) is 0.357. The van der Waals surface area contributed by atoms with Gasteiger partial charge in [-0.1, -0.05) is 0 Å². The molecule has 0 spiro atoms. The molecule has 1 aliphatic rings. The number of carboxylic acids is 1. The van der Waals surface area contributed by atoms with Crippen LogP contribution >= 0.6 is 0 Å². The molecule has 1 unspecified atom stereocenters. The molecule has 1 aromatic rings. The summed E-state index contributed by atoms with van der Waals surface area (Å²) < 4.78 is 18.4. The molecule has 0 saturated carbocycles. The van der Waals surface area contributed by atoms with Crippen molar-refractivity contribution >= 4 is 5.97 Å². The zero-order valence-electron chi connectivity index (χ0n) is 8.29. The van der Waals surface area contributed by atoms with Crippen LogP contribution in [0.4, 0.5) is 4.39 Å². The third kappa shape index (κ3) is 1.93. The zero-order valence-corrected chi connectivity index (χ0v) is 8.29. The van der Waals surface area contributed by atoms with Gasteiger partial charge in [0.2, 0.25) is 0 Å². The van der Waals surface area contributed by atoms with Crippen molar-refractivity contribution in [2.24, 2.45) is 0 Å². The number of carbonyl (C=O) groups is 1. The van der Waals surface area contributed by atoms with Gasteiger partial charge >= 0.3 is 5.97 Å². The summed E-state index contributed by atoms with van der Waals surface area (Å²) in [5.74, 6) is -0.650. The Morgan fingerprint density at radius 1 is 1.67 bits per heavy atom. The summed E-state index contributed by atoms with van der Waals surface area (Å²) in [7, 11) is 0. The SMILES string of the molecule is CC1(CC(=O)O)Cc2cc(F)ccc2O1. The molecule has 2 rings (SSSR count). The van der Waals surface area contributed by atoms with Gasteiger partial charge in [-0.15, -0.1) is 0 Å². The lowest BCUT2D eigenvalue weighted by Gasteiger charge is -2.21. The topological polar surface area (TPSA) is 46.5 Å². The maximum atomic E-state index is 12.9. The highest BCUT2D eigenvalue weighted by atomic mass is 19.1. The standard InChI is InChI=1S/C11H11FO3/c1-11(6-10(13)14)5-7-4-8(12)2-3-9(7)15-11/h2-4H,5-6H2,1H3,(H,13,14). The van der Waals surface area contributed by atoms with E-state index in [0.717, 1.165) is 5.56 Å². The smallest absolute Gasteiger partial charge is 0.307 e. The predicted octanol–water partition coefficient (Wildman–Crippen LogP) is 1.99. The third-order valence-electron chi connectivity index (χ3n) is 2.47. The first-order valence-corrected chi connectivity index (χ1v) is 4.68. The van der Waals surface area contributed by atoms with Crippen LogP contribution in [0.1, 0.15) is 18.9 Å². The first-order chi connectivity index (χ1) is 6.98. The van der Waals surface area contributed by atoms with E-state index >= 15 is 0 Å². The molecule has 0 aromatic heterocycles. The molecule has 15 heavy (non-hydrogen) atoms. The van der Waals surface area contributed by atoms with Crippen molar-refractivity contribution in [2.75, 3.05) is 0 Å². The minimum absolute atomic E-state index is 0.0801. The summed E-state index contributed by atoms with van der Waals surface area (Å²) in [6, 6.07) is 4.24. The zero-order chi connectivity index (χ0) is 11.1. The largest absolute Gasteiger partial charge is 0.486 e. The van der Waals surface area contributed by atoms with Gasteiger partial charge < -0.3 is 9.84 Å². The average molecular weight is 210 g/mol. The quantitative estimate of drug-likeness (QED) is 0.812. The van der Waals surface area contributed by atoms with E-state index in [1.807, 2.05) is 0 Å². The highest BCUT2D eigenvalue weighted by molar-refractivity contribution is 5.68. The Morgan fingerprint density at radius 3 is 3.07 bits per heavy atom. The van der Waals surface area contributed by atoms with Gasteiger partial charge in [0.05, 0.1) is 6.42 Å². The molecule has 0 aliphatic carbocycles. The second-order valence-corrected chi connectivity index (χ2v) is 4.05. The predicted molar refractivity (Wildman–Crippen MR) is 51.4 cm³/mol. The van der Waals surface area contributed by atoms with Crippen LogP contribution in [0.2, 0.25) is 0 Å². The number of aliphatic carboxylic acids is 1. The van der Waals surface area contributed by atoms with Crippen molar-refractivity contribution < 1.29 is 19.0 Å². The van der Waals surface area contributed by atoms with Crippen molar-refractivity contribution in [3.63, 3.8) is 0 Å². The van der Waals surface area contributed by atoms with Crippen LogP contribution in [0.3, 0.4) is 0 Å². The van der Waals surface area contributed by atoms with Crippen LogP contribution in [0.15, 0.2) is 18.2 Å². The van der Waals surface area contributed by atoms with Gasteiger partial charge in [0.1, 0.15) is 17.2 Å². The fraction of sp³-hybridized carbons (Fsp3) is 0.364. The molecule has 3 nitrogen and oxygen atoms in total. The van der Waals surface area contributed by atoms with Crippen LogP contribution in [0.5, 0.6) is 5.75 Å². The van der Waals surface area contributed by atoms with E-state index < -0.39 is 11.6 Å². The lowest BCUT2D eigenvalue weighted by atomic mass is 9.96. The Kier molecular flexibility index (Phi) is 2.14. The monoisotopic (exact) mass is 210 g/mol. The number of hydrogen-bond acceptors (Lipinski definition) is 2. The fourth-order valence-corrected chi connectivity index (χ4v) is 1.91. The van der Waals surface area contributed by atoms with Crippen molar-refractivity contribution in [3.8, 4) is 5.75 Å². The van der Waals surface area contributed by atoms with Crippen LogP contribution in [-0.2, 0) is 11.2 Å². The molecular formula is C11H11FO3. The number of carboxylic acid groups (broad SMARTS) is 1. The van der Waals surface area contributed by atoms with Crippen molar-refractivity contribution in [1.82, 2.24) is 0 Å². The molecule has 4 heteroatoms. The lowest BCUT2D eigenvalue weighted by molar-refractivity contribution is -0.140. The Labute approximate surface area is 86.5 Å². The minimum Gasteiger partial charge on any atom is -0.486 e. The summed E-state index contributed by atoms with van der Waals surface area (Å²) in [5, 5.41) is 8.72. The molecule has 1 aliphatic heterocycles. The Balaban J connectivity index is 2.24. The Hall–Kier alpha value is -1.58. The highest BCUT2D eigenvalue weighted by Gasteiger charge is 2.36. The highest BCUT2D eigenvalue weighted by Crippen LogP contribution is 2.37. The summed E-state index contributed by atoms with van der Waals surface area (Å²) in [4.78, 5) is 10.6. The van der Waals surface area contributed by atoms with E-state index in [4.69, 9.17) is 9.84 Å². The lowest BCUT2D eigenvalue weighted by Crippen LogP contribution is -2.33. The number of rotatable bonds is 2. The van der Waals surface area contributed by atoms with Gasteiger partial charge in [-0.05, 0) is 25.1 Å². The van der Waals surface area contributed by atoms with Crippen molar-refractivity contribution in [3.05, 3.63) is 29.6 Å². The first kappa shape index (κ1) is 9.96. The second kappa shape index (κ2) is 3.22. The number of ether oxygens (including phenoxy) is 1. The Bertz CT molecular complexity index is 416. The molecular weight excluding hydrogens is 199 g/mol. The molecule has 1 heterocycles. The van der Waals surface area contributed by atoms with Gasteiger partial charge in [-0.25, -0.2) is 4.39 Å². The van der Waals surface area contributed by atoms with Crippen molar-refractivity contribution in [1.29, 1.82) is 0 Å². The fourth-order valence-electron chi connectivity index (χ4n) is 1.91.